The predicted molar refractivity (Wildman–Crippen MR) is 86.2 cm³/mol. The lowest BCUT2D eigenvalue weighted by Crippen LogP contribution is -2.33. The minimum atomic E-state index is -4.44. The predicted octanol–water partition coefficient (Wildman–Crippen LogP) is 3.88. The van der Waals surface area contributed by atoms with Gasteiger partial charge in [-0.15, -0.1) is 10.2 Å². The molecule has 1 heterocycles. The second-order valence-electron chi connectivity index (χ2n) is 5.11. The molecule has 8 heteroatoms. The van der Waals surface area contributed by atoms with E-state index in [1.165, 1.54) is 17.5 Å². The lowest BCUT2D eigenvalue weighted by atomic mass is 9.98. The van der Waals surface area contributed by atoms with E-state index < -0.39 is 22.1 Å². The maximum Gasteiger partial charge on any atom is 0.433 e. The number of rotatable bonds is 4. The van der Waals surface area contributed by atoms with E-state index >= 15 is 0 Å². The first-order valence-electron chi connectivity index (χ1n) is 6.70. The number of halogens is 3. The number of nitrogens with one attached hydrogen (secondary N) is 1. The average Bonchev–Trinajstić information content (AvgIpc) is 2.81. The number of alkyl halides is 3. The molecule has 0 aromatic rings. The summed E-state index contributed by atoms with van der Waals surface area (Å²) in [5.41, 5.74) is 7.26. The van der Waals surface area contributed by atoms with Gasteiger partial charge in [0.25, 0.3) is 0 Å². The van der Waals surface area contributed by atoms with Gasteiger partial charge < -0.3 is 10.5 Å². The Hall–Kier alpha value is -1.02. The highest BCUT2D eigenvalue weighted by atomic mass is 32.3. The molecule has 118 valence electrons. The highest BCUT2D eigenvalue weighted by Crippen LogP contribution is 2.51. The number of aliphatic imine (C=N–C) groups is 1. The maximum atomic E-state index is 12.8. The fraction of sp³-hybridized carbons (Fsp3) is 0.538. The normalized spacial score (nSPS) is 28.5. The minimum Gasteiger partial charge on any atom is -0.376 e. The first kappa shape index (κ1) is 16.4. The van der Waals surface area contributed by atoms with E-state index in [0.717, 1.165) is 31.1 Å². The van der Waals surface area contributed by atoms with Gasteiger partial charge in [0.1, 0.15) is 0 Å². The largest absolute Gasteiger partial charge is 0.433 e. The summed E-state index contributed by atoms with van der Waals surface area (Å²) in [6.07, 6.45) is 2.91. The van der Waals surface area contributed by atoms with Crippen LogP contribution in [0.4, 0.5) is 13.2 Å². The van der Waals surface area contributed by atoms with Gasteiger partial charge in [-0.25, -0.2) is 4.99 Å². The number of nitrogens with zero attached hydrogens (tertiary/aromatic N) is 1. The molecule has 0 bridgehead atoms. The molecule has 2 rings (SSSR count). The lowest BCUT2D eigenvalue weighted by molar-refractivity contribution is -0.0919. The summed E-state index contributed by atoms with van der Waals surface area (Å²) >= 11 is 4.81. The maximum absolute atomic E-state index is 12.8. The lowest BCUT2D eigenvalue weighted by Gasteiger charge is -2.32. The number of hydrogen-bond acceptors (Lipinski definition) is 2. The summed E-state index contributed by atoms with van der Waals surface area (Å²) in [6, 6.07) is 0. The standard InChI is InChI=1S/C13H18F3N3S2/c14-13(15,16)11-8-21(9-18-11,19-12(17)20)7-6-10-4-2-1-3-5-10/h4,8-9H,1-3,5-7H2,(H3,17,19,20). The molecule has 1 aliphatic heterocycles. The van der Waals surface area contributed by atoms with Crippen LogP contribution in [-0.2, 0) is 0 Å². The van der Waals surface area contributed by atoms with Crippen molar-refractivity contribution in [2.45, 2.75) is 38.3 Å². The van der Waals surface area contributed by atoms with E-state index in [4.69, 9.17) is 18.0 Å². The molecule has 0 radical (unpaired) electrons. The molecule has 1 aliphatic carbocycles. The molecule has 2 aliphatic rings. The smallest absolute Gasteiger partial charge is 0.376 e. The molecular formula is C13H18F3N3S2. The zero-order valence-electron chi connectivity index (χ0n) is 11.4. The van der Waals surface area contributed by atoms with E-state index in [-0.39, 0.29) is 5.11 Å². The molecule has 0 aromatic carbocycles. The van der Waals surface area contributed by atoms with E-state index in [2.05, 4.69) is 15.8 Å². The van der Waals surface area contributed by atoms with Gasteiger partial charge in [-0.05, 0) is 44.3 Å². The van der Waals surface area contributed by atoms with Gasteiger partial charge in [0.2, 0.25) is 0 Å². The molecule has 3 N–H and O–H groups in total. The molecule has 0 aromatic heterocycles. The van der Waals surface area contributed by atoms with Crippen LogP contribution in [-0.4, -0.2) is 22.6 Å². The topological polar surface area (TPSA) is 50.4 Å². The summed E-state index contributed by atoms with van der Waals surface area (Å²) in [5.74, 6) is 0.541. The van der Waals surface area contributed by atoms with Crippen LogP contribution >= 0.6 is 22.4 Å². The Balaban J connectivity index is 2.12. The van der Waals surface area contributed by atoms with Crippen LogP contribution in [0.3, 0.4) is 0 Å². The number of thiocarbonyl (C=S) groups is 1. The highest BCUT2D eigenvalue weighted by molar-refractivity contribution is 8.45. The third-order valence-electron chi connectivity index (χ3n) is 3.43. The number of allylic oxidation sites excluding steroid dienone is 3. The van der Waals surface area contributed by atoms with Crippen molar-refractivity contribution < 1.29 is 13.2 Å². The summed E-state index contributed by atoms with van der Waals surface area (Å²) < 4.78 is 41.1. The Morgan fingerprint density at radius 3 is 2.71 bits per heavy atom. The van der Waals surface area contributed by atoms with Crippen LogP contribution in [0, 0.1) is 0 Å². The van der Waals surface area contributed by atoms with Crippen LogP contribution in [0.15, 0.2) is 27.7 Å². The first-order chi connectivity index (χ1) is 9.81. The summed E-state index contributed by atoms with van der Waals surface area (Å²) in [4.78, 5) is 3.53. The molecule has 0 spiro atoms. The third-order valence-corrected chi connectivity index (χ3v) is 6.27. The average molecular weight is 337 g/mol. The second-order valence-corrected chi connectivity index (χ2v) is 8.31. The van der Waals surface area contributed by atoms with Crippen LogP contribution in [0.25, 0.3) is 0 Å². The van der Waals surface area contributed by atoms with Gasteiger partial charge in [0.05, 0.1) is 5.55 Å². The van der Waals surface area contributed by atoms with Gasteiger partial charge in [0.15, 0.2) is 10.8 Å². The molecule has 0 saturated heterocycles. The Morgan fingerprint density at radius 2 is 2.19 bits per heavy atom. The molecular weight excluding hydrogens is 319 g/mol. The fourth-order valence-electron chi connectivity index (χ4n) is 2.39. The minimum absolute atomic E-state index is 0.00810. The van der Waals surface area contributed by atoms with E-state index in [1.54, 1.807) is 0 Å². The Morgan fingerprint density at radius 1 is 1.43 bits per heavy atom. The molecule has 3 nitrogen and oxygen atoms in total. The zero-order chi connectivity index (χ0) is 15.5. The van der Waals surface area contributed by atoms with Crippen molar-refractivity contribution >= 4 is 33.1 Å². The number of hydrogen-bond donors (Lipinski definition) is 2. The first-order valence-corrected chi connectivity index (χ1v) is 9.04. The molecule has 1 unspecified atom stereocenters. The van der Waals surface area contributed by atoms with Gasteiger partial charge >= 0.3 is 6.18 Å². The van der Waals surface area contributed by atoms with Crippen LogP contribution < -0.4 is 10.5 Å². The van der Waals surface area contributed by atoms with Gasteiger partial charge in [-0.3, -0.25) is 0 Å². The molecule has 0 saturated carbocycles. The summed E-state index contributed by atoms with van der Waals surface area (Å²) in [5, 5.41) is 1.17. The Bertz CT molecular complexity index is 511. The zero-order valence-corrected chi connectivity index (χ0v) is 13.1. The Kier molecular flexibility index (Phi) is 4.98. The fourth-order valence-corrected chi connectivity index (χ4v) is 5.22. The van der Waals surface area contributed by atoms with Crippen molar-refractivity contribution in [3.05, 3.63) is 22.8 Å². The SMILES string of the molecule is NC(=S)NS1(CCC2=CCCCC2)C=NC(C(F)(F)F)=C1. The quantitative estimate of drug-likeness (QED) is 0.605. The van der Waals surface area contributed by atoms with Crippen molar-refractivity contribution in [1.82, 2.24) is 4.72 Å². The van der Waals surface area contributed by atoms with Crippen molar-refractivity contribution in [1.29, 1.82) is 0 Å². The summed E-state index contributed by atoms with van der Waals surface area (Å²) in [7, 11) is -2.02. The molecule has 0 amide bonds. The van der Waals surface area contributed by atoms with Crippen LogP contribution in [0.2, 0.25) is 0 Å². The van der Waals surface area contributed by atoms with Gasteiger partial charge in [0, 0.05) is 11.2 Å². The molecule has 21 heavy (non-hydrogen) atoms. The van der Waals surface area contributed by atoms with E-state index in [0.29, 0.717) is 5.75 Å². The molecule has 0 fully saturated rings. The highest BCUT2D eigenvalue weighted by Gasteiger charge is 2.39. The van der Waals surface area contributed by atoms with Crippen LogP contribution in [0.5, 0.6) is 0 Å². The van der Waals surface area contributed by atoms with Gasteiger partial charge in [-0.2, -0.15) is 13.2 Å². The Labute approximate surface area is 129 Å². The second kappa shape index (κ2) is 6.39. The monoisotopic (exact) mass is 337 g/mol. The van der Waals surface area contributed by atoms with Crippen molar-refractivity contribution in [3.8, 4) is 0 Å². The van der Waals surface area contributed by atoms with Crippen molar-refractivity contribution in [2.24, 2.45) is 10.7 Å². The van der Waals surface area contributed by atoms with Crippen molar-refractivity contribution in [3.63, 3.8) is 0 Å². The third kappa shape index (κ3) is 4.47. The van der Waals surface area contributed by atoms with Crippen LogP contribution in [0.1, 0.15) is 32.1 Å². The number of nitrogens with two attached hydrogens (primary N) is 1. The van der Waals surface area contributed by atoms with E-state index in [1.807, 2.05) is 0 Å². The van der Waals surface area contributed by atoms with Crippen molar-refractivity contribution in [2.75, 3.05) is 5.75 Å². The van der Waals surface area contributed by atoms with E-state index in [9.17, 15) is 13.2 Å². The van der Waals surface area contributed by atoms with Gasteiger partial charge in [-0.1, -0.05) is 11.6 Å². The molecule has 1 atom stereocenters. The summed E-state index contributed by atoms with van der Waals surface area (Å²) in [6.45, 7) is 0.